The van der Waals surface area contributed by atoms with Crippen LogP contribution in [0.3, 0.4) is 0 Å². The molecule has 1 fully saturated rings. The first kappa shape index (κ1) is 17.9. The van der Waals surface area contributed by atoms with Crippen LogP contribution >= 0.6 is 11.3 Å². The Balaban J connectivity index is 1.56. The summed E-state index contributed by atoms with van der Waals surface area (Å²) in [5.74, 6) is 0.660. The number of aromatic nitrogens is 1. The van der Waals surface area contributed by atoms with Crippen molar-refractivity contribution < 1.29 is 4.79 Å². The van der Waals surface area contributed by atoms with Gasteiger partial charge >= 0.3 is 0 Å². The molecule has 5 heteroatoms. The summed E-state index contributed by atoms with van der Waals surface area (Å²) in [4.78, 5) is 19.6. The second-order valence-electron chi connectivity index (χ2n) is 7.10. The monoisotopic (exact) mass is 377 g/mol. The molecule has 3 aromatic rings. The molecule has 2 atom stereocenters. The first-order valence-electron chi connectivity index (χ1n) is 9.22. The first-order chi connectivity index (χ1) is 13.2. The van der Waals surface area contributed by atoms with Crippen molar-refractivity contribution in [3.63, 3.8) is 0 Å². The number of carbonyl (C=O) groups is 1. The van der Waals surface area contributed by atoms with Crippen LogP contribution in [0.5, 0.6) is 0 Å². The number of hydrogen-bond acceptors (Lipinski definition) is 4. The largest absolute Gasteiger partial charge is 0.338 e. The molecule has 0 saturated carbocycles. The Morgan fingerprint density at radius 1 is 1.19 bits per heavy atom. The second kappa shape index (κ2) is 7.62. The molecule has 138 valence electrons. The fraction of sp³-hybridized carbons (Fsp3) is 0.273. The molecule has 1 aliphatic heterocycles. The zero-order valence-electron chi connectivity index (χ0n) is 15.3. The minimum atomic E-state index is 0.0713. The SMILES string of the molecule is Cc1csc(-c2cccc(C(=O)N3C[C@@H](CN)[C@H](c4ccccc4)C3)c2)n1. The van der Waals surface area contributed by atoms with Gasteiger partial charge in [-0.25, -0.2) is 4.98 Å². The molecule has 1 saturated heterocycles. The van der Waals surface area contributed by atoms with Crippen LogP contribution in [0.2, 0.25) is 0 Å². The van der Waals surface area contributed by atoms with Crippen LogP contribution in [0.15, 0.2) is 60.0 Å². The number of benzene rings is 2. The highest BCUT2D eigenvalue weighted by Gasteiger charge is 2.35. The van der Waals surface area contributed by atoms with E-state index >= 15 is 0 Å². The Labute approximate surface area is 163 Å². The molecule has 1 amide bonds. The molecule has 0 unspecified atom stereocenters. The average molecular weight is 378 g/mol. The van der Waals surface area contributed by atoms with Gasteiger partial charge in [0.2, 0.25) is 0 Å². The van der Waals surface area contributed by atoms with E-state index in [9.17, 15) is 4.79 Å². The van der Waals surface area contributed by atoms with Crippen LogP contribution in [0, 0.1) is 12.8 Å². The van der Waals surface area contributed by atoms with Gasteiger partial charge in [-0.15, -0.1) is 11.3 Å². The molecule has 2 N–H and O–H groups in total. The van der Waals surface area contributed by atoms with E-state index in [0.29, 0.717) is 37.0 Å². The molecule has 2 aromatic carbocycles. The fourth-order valence-electron chi connectivity index (χ4n) is 3.81. The van der Waals surface area contributed by atoms with E-state index in [1.807, 2.05) is 59.7 Å². The second-order valence-corrected chi connectivity index (χ2v) is 7.96. The minimum Gasteiger partial charge on any atom is -0.338 e. The van der Waals surface area contributed by atoms with Gasteiger partial charge in [0.1, 0.15) is 5.01 Å². The van der Waals surface area contributed by atoms with E-state index in [4.69, 9.17) is 5.73 Å². The Morgan fingerprint density at radius 3 is 2.70 bits per heavy atom. The maximum Gasteiger partial charge on any atom is 0.253 e. The summed E-state index contributed by atoms with van der Waals surface area (Å²) in [5.41, 5.74) is 9.99. The lowest BCUT2D eigenvalue weighted by Crippen LogP contribution is -2.29. The van der Waals surface area contributed by atoms with Crippen LogP contribution < -0.4 is 5.73 Å². The van der Waals surface area contributed by atoms with Crippen molar-refractivity contribution in [3.05, 3.63) is 76.8 Å². The van der Waals surface area contributed by atoms with E-state index < -0.39 is 0 Å². The van der Waals surface area contributed by atoms with Gasteiger partial charge in [-0.2, -0.15) is 0 Å². The third-order valence-electron chi connectivity index (χ3n) is 5.23. The number of hydrogen-bond donors (Lipinski definition) is 1. The van der Waals surface area contributed by atoms with E-state index in [1.165, 1.54) is 5.56 Å². The van der Waals surface area contributed by atoms with Gasteiger partial charge in [0, 0.05) is 41.2 Å². The molecule has 2 heterocycles. The normalized spacial score (nSPS) is 19.4. The highest BCUT2D eigenvalue weighted by Crippen LogP contribution is 2.33. The van der Waals surface area contributed by atoms with Crippen molar-refractivity contribution in [2.24, 2.45) is 11.7 Å². The average Bonchev–Trinajstić information content (AvgIpc) is 3.34. The van der Waals surface area contributed by atoms with Crippen molar-refractivity contribution in [3.8, 4) is 10.6 Å². The van der Waals surface area contributed by atoms with Gasteiger partial charge < -0.3 is 10.6 Å². The number of nitrogens with two attached hydrogens (primary N) is 1. The quantitative estimate of drug-likeness (QED) is 0.749. The van der Waals surface area contributed by atoms with Gasteiger partial charge in [0.25, 0.3) is 5.91 Å². The molecular weight excluding hydrogens is 354 g/mol. The molecule has 1 aliphatic rings. The summed E-state index contributed by atoms with van der Waals surface area (Å²) in [7, 11) is 0. The third-order valence-corrected chi connectivity index (χ3v) is 6.24. The minimum absolute atomic E-state index is 0.0713. The predicted octanol–water partition coefficient (Wildman–Crippen LogP) is 3.93. The molecule has 0 radical (unpaired) electrons. The summed E-state index contributed by atoms with van der Waals surface area (Å²) >= 11 is 1.60. The van der Waals surface area contributed by atoms with E-state index in [1.54, 1.807) is 11.3 Å². The Hall–Kier alpha value is -2.50. The standard InChI is InChI=1S/C22H23N3OS/c1-15-14-27-21(24-15)17-8-5-9-18(10-17)22(26)25-12-19(11-23)20(13-25)16-6-3-2-4-7-16/h2-10,14,19-20H,11-13,23H2,1H3/t19-,20+/m1/s1. The van der Waals surface area contributed by atoms with Crippen LogP contribution in [0.1, 0.15) is 27.5 Å². The van der Waals surface area contributed by atoms with Gasteiger partial charge in [0.15, 0.2) is 0 Å². The molecular formula is C22H23N3OS. The van der Waals surface area contributed by atoms with Crippen LogP contribution in [0.25, 0.3) is 10.6 Å². The highest BCUT2D eigenvalue weighted by molar-refractivity contribution is 7.13. The van der Waals surface area contributed by atoms with Crippen LogP contribution in [-0.4, -0.2) is 35.4 Å². The molecule has 0 bridgehead atoms. The van der Waals surface area contributed by atoms with Gasteiger partial charge in [-0.1, -0.05) is 42.5 Å². The zero-order valence-corrected chi connectivity index (χ0v) is 16.2. The maximum absolute atomic E-state index is 13.1. The van der Waals surface area contributed by atoms with Crippen LogP contribution in [-0.2, 0) is 0 Å². The van der Waals surface area contributed by atoms with Gasteiger partial charge in [-0.05, 0) is 37.1 Å². The van der Waals surface area contributed by atoms with Crippen molar-refractivity contribution in [2.45, 2.75) is 12.8 Å². The molecule has 0 aliphatic carbocycles. The fourth-order valence-corrected chi connectivity index (χ4v) is 4.60. The smallest absolute Gasteiger partial charge is 0.253 e. The third kappa shape index (κ3) is 3.66. The maximum atomic E-state index is 13.1. The first-order valence-corrected chi connectivity index (χ1v) is 10.1. The predicted molar refractivity (Wildman–Crippen MR) is 110 cm³/mol. The van der Waals surface area contributed by atoms with Gasteiger partial charge in [0.05, 0.1) is 0 Å². The molecule has 4 rings (SSSR count). The summed E-state index contributed by atoms with van der Waals surface area (Å²) in [6.45, 7) is 3.98. The van der Waals surface area contributed by atoms with Crippen molar-refractivity contribution in [2.75, 3.05) is 19.6 Å². The Morgan fingerprint density at radius 2 is 2.00 bits per heavy atom. The summed E-state index contributed by atoms with van der Waals surface area (Å²) in [5, 5.41) is 2.98. The Kier molecular flexibility index (Phi) is 5.05. The number of carbonyl (C=O) groups excluding carboxylic acids is 1. The van der Waals surface area contributed by atoms with E-state index in [-0.39, 0.29) is 5.91 Å². The summed E-state index contributed by atoms with van der Waals surface area (Å²) < 4.78 is 0. The topological polar surface area (TPSA) is 59.2 Å². The van der Waals surface area contributed by atoms with Crippen LogP contribution in [0.4, 0.5) is 0 Å². The van der Waals surface area contributed by atoms with Crippen molar-refractivity contribution in [1.82, 2.24) is 9.88 Å². The Bertz CT molecular complexity index is 937. The number of amides is 1. The molecule has 1 aromatic heterocycles. The van der Waals surface area contributed by atoms with Gasteiger partial charge in [-0.3, -0.25) is 4.79 Å². The number of rotatable bonds is 4. The lowest BCUT2D eigenvalue weighted by atomic mass is 9.89. The highest BCUT2D eigenvalue weighted by atomic mass is 32.1. The van der Waals surface area contributed by atoms with Crippen molar-refractivity contribution >= 4 is 17.2 Å². The number of likely N-dealkylation sites (tertiary alicyclic amines) is 1. The van der Waals surface area contributed by atoms with E-state index in [0.717, 1.165) is 16.3 Å². The summed E-state index contributed by atoms with van der Waals surface area (Å²) in [6, 6.07) is 18.2. The number of aryl methyl sites for hydroxylation is 1. The lowest BCUT2D eigenvalue weighted by molar-refractivity contribution is 0.0786. The summed E-state index contributed by atoms with van der Waals surface area (Å²) in [6.07, 6.45) is 0. The van der Waals surface area contributed by atoms with E-state index in [2.05, 4.69) is 17.1 Å². The number of nitrogens with zero attached hydrogens (tertiary/aromatic N) is 2. The number of thiazole rings is 1. The van der Waals surface area contributed by atoms with Crippen molar-refractivity contribution in [1.29, 1.82) is 0 Å². The lowest BCUT2D eigenvalue weighted by Gasteiger charge is -2.17. The molecule has 4 nitrogen and oxygen atoms in total. The molecule has 27 heavy (non-hydrogen) atoms. The zero-order chi connectivity index (χ0) is 18.8. The molecule has 0 spiro atoms.